The van der Waals surface area contributed by atoms with Gasteiger partial charge in [-0.2, -0.15) is 0 Å². The molecule has 6 nitrogen and oxygen atoms in total. The van der Waals surface area contributed by atoms with Crippen molar-refractivity contribution in [2.75, 3.05) is 24.5 Å². The van der Waals surface area contributed by atoms with Crippen molar-refractivity contribution in [3.8, 4) is 11.6 Å². The standard InChI is InChI=1S/C23H21ClF2N4O2/c1-15-13-29(8-9-30(15)23(31)10-16-2-4-17(25)5-3-16)21-12-22(28-14-27-21)32-20-7-6-18(26)11-19(20)24/h2-7,11-12,14-15H,8-10,13H2,1H3. The molecular formula is C23H21ClF2N4O2. The Morgan fingerprint density at radius 3 is 2.56 bits per heavy atom. The molecule has 166 valence electrons. The third kappa shape index (κ3) is 5.13. The molecule has 32 heavy (non-hydrogen) atoms. The van der Waals surface area contributed by atoms with E-state index >= 15 is 0 Å². The van der Waals surface area contributed by atoms with Gasteiger partial charge in [-0.25, -0.2) is 18.7 Å². The zero-order chi connectivity index (χ0) is 22.7. The van der Waals surface area contributed by atoms with Crippen LogP contribution in [0.4, 0.5) is 14.6 Å². The highest BCUT2D eigenvalue weighted by molar-refractivity contribution is 6.32. The minimum absolute atomic E-state index is 0.00131. The van der Waals surface area contributed by atoms with E-state index in [0.717, 1.165) is 5.56 Å². The first-order valence-corrected chi connectivity index (χ1v) is 10.5. The van der Waals surface area contributed by atoms with Crippen LogP contribution in [-0.4, -0.2) is 46.5 Å². The van der Waals surface area contributed by atoms with Crippen molar-refractivity contribution in [2.24, 2.45) is 0 Å². The van der Waals surface area contributed by atoms with Crippen molar-refractivity contribution < 1.29 is 18.3 Å². The number of hydrogen-bond acceptors (Lipinski definition) is 5. The number of carbonyl (C=O) groups excluding carboxylic acids is 1. The maximum atomic E-state index is 13.2. The van der Waals surface area contributed by atoms with Crippen molar-refractivity contribution in [1.29, 1.82) is 0 Å². The van der Waals surface area contributed by atoms with E-state index in [0.29, 0.717) is 31.2 Å². The molecule has 1 fully saturated rings. The van der Waals surface area contributed by atoms with Crippen LogP contribution in [0.25, 0.3) is 0 Å². The zero-order valence-corrected chi connectivity index (χ0v) is 18.1. The Balaban J connectivity index is 1.40. The van der Waals surface area contributed by atoms with Crippen LogP contribution < -0.4 is 9.64 Å². The highest BCUT2D eigenvalue weighted by Crippen LogP contribution is 2.30. The summed E-state index contributed by atoms with van der Waals surface area (Å²) in [5.74, 6) is 0.463. The zero-order valence-electron chi connectivity index (χ0n) is 17.3. The molecule has 0 aliphatic carbocycles. The van der Waals surface area contributed by atoms with Crippen LogP contribution in [0.1, 0.15) is 12.5 Å². The van der Waals surface area contributed by atoms with Gasteiger partial charge in [0.25, 0.3) is 0 Å². The lowest BCUT2D eigenvalue weighted by Crippen LogP contribution is -2.54. The number of aromatic nitrogens is 2. The maximum absolute atomic E-state index is 13.2. The second kappa shape index (κ2) is 9.48. The lowest BCUT2D eigenvalue weighted by atomic mass is 10.1. The van der Waals surface area contributed by atoms with Gasteiger partial charge in [0.15, 0.2) is 0 Å². The largest absolute Gasteiger partial charge is 0.437 e. The van der Waals surface area contributed by atoms with Gasteiger partial charge in [-0.1, -0.05) is 23.7 Å². The summed E-state index contributed by atoms with van der Waals surface area (Å²) in [6.07, 6.45) is 1.62. The third-order valence-electron chi connectivity index (χ3n) is 5.28. The summed E-state index contributed by atoms with van der Waals surface area (Å²) in [5.41, 5.74) is 0.781. The summed E-state index contributed by atoms with van der Waals surface area (Å²) in [5, 5.41) is 0.145. The van der Waals surface area contributed by atoms with Gasteiger partial charge in [0.05, 0.1) is 11.4 Å². The van der Waals surface area contributed by atoms with Crippen LogP contribution >= 0.6 is 11.6 Å². The number of carbonyl (C=O) groups is 1. The third-order valence-corrected chi connectivity index (χ3v) is 5.57. The summed E-state index contributed by atoms with van der Waals surface area (Å²) >= 11 is 6.02. The Bertz CT molecular complexity index is 1110. The molecule has 1 amide bonds. The van der Waals surface area contributed by atoms with Crippen molar-refractivity contribution >= 4 is 23.3 Å². The van der Waals surface area contributed by atoms with Gasteiger partial charge in [0.2, 0.25) is 11.8 Å². The Labute approximate surface area is 189 Å². The average molecular weight is 459 g/mol. The first kappa shape index (κ1) is 22.0. The number of amides is 1. The van der Waals surface area contributed by atoms with Crippen molar-refractivity contribution in [3.05, 3.63) is 77.1 Å². The van der Waals surface area contributed by atoms with Crippen LogP contribution in [-0.2, 0) is 11.2 Å². The number of anilines is 1. The van der Waals surface area contributed by atoms with E-state index in [4.69, 9.17) is 16.3 Å². The molecule has 1 aromatic heterocycles. The van der Waals surface area contributed by atoms with Gasteiger partial charge in [-0.15, -0.1) is 0 Å². The molecule has 2 heterocycles. The number of halogens is 3. The minimum atomic E-state index is -0.452. The lowest BCUT2D eigenvalue weighted by Gasteiger charge is -2.40. The number of rotatable bonds is 5. The maximum Gasteiger partial charge on any atom is 0.227 e. The highest BCUT2D eigenvalue weighted by Gasteiger charge is 2.28. The van der Waals surface area contributed by atoms with Crippen LogP contribution in [0.15, 0.2) is 54.9 Å². The summed E-state index contributed by atoms with van der Waals surface area (Å²) < 4.78 is 32.0. The average Bonchev–Trinajstić information content (AvgIpc) is 2.77. The molecule has 4 rings (SSSR count). The molecule has 0 radical (unpaired) electrons. The molecule has 0 spiro atoms. The Hall–Kier alpha value is -3.26. The first-order valence-electron chi connectivity index (χ1n) is 10.1. The lowest BCUT2D eigenvalue weighted by molar-refractivity contribution is -0.132. The van der Waals surface area contributed by atoms with Gasteiger partial charge in [0.1, 0.15) is 29.5 Å². The molecule has 1 atom stereocenters. The predicted octanol–water partition coefficient (Wildman–Crippen LogP) is 4.48. The number of nitrogens with zero attached hydrogens (tertiary/aromatic N) is 4. The first-order chi connectivity index (χ1) is 15.4. The van der Waals surface area contributed by atoms with E-state index in [2.05, 4.69) is 9.97 Å². The number of ether oxygens (including phenoxy) is 1. The molecule has 0 N–H and O–H groups in total. The van der Waals surface area contributed by atoms with E-state index in [-0.39, 0.29) is 35.1 Å². The quantitative estimate of drug-likeness (QED) is 0.564. The molecule has 1 saturated heterocycles. The number of benzene rings is 2. The molecule has 9 heteroatoms. The van der Waals surface area contributed by atoms with Gasteiger partial charge >= 0.3 is 0 Å². The van der Waals surface area contributed by atoms with Crippen molar-refractivity contribution in [2.45, 2.75) is 19.4 Å². The van der Waals surface area contributed by atoms with Gasteiger partial charge in [-0.3, -0.25) is 4.79 Å². The molecule has 0 saturated carbocycles. The van der Waals surface area contributed by atoms with Crippen LogP contribution in [0.3, 0.4) is 0 Å². The monoisotopic (exact) mass is 458 g/mol. The van der Waals surface area contributed by atoms with E-state index in [1.54, 1.807) is 18.2 Å². The molecule has 2 aromatic carbocycles. The topological polar surface area (TPSA) is 58.6 Å². The minimum Gasteiger partial charge on any atom is -0.437 e. The Morgan fingerprint density at radius 2 is 1.84 bits per heavy atom. The fourth-order valence-electron chi connectivity index (χ4n) is 3.64. The SMILES string of the molecule is CC1CN(c2cc(Oc3ccc(F)cc3Cl)ncn2)CCN1C(=O)Cc1ccc(F)cc1. The predicted molar refractivity (Wildman–Crippen MR) is 117 cm³/mol. The summed E-state index contributed by atoms with van der Waals surface area (Å²) in [4.78, 5) is 25.1. The molecule has 1 aliphatic heterocycles. The molecule has 1 aliphatic rings. The molecular weight excluding hydrogens is 438 g/mol. The summed E-state index contributed by atoms with van der Waals surface area (Å²) in [6.45, 7) is 3.69. The molecule has 0 bridgehead atoms. The van der Waals surface area contributed by atoms with Crippen LogP contribution in [0.2, 0.25) is 5.02 Å². The fourth-order valence-corrected chi connectivity index (χ4v) is 3.85. The fraction of sp³-hybridized carbons (Fsp3) is 0.261. The normalized spacial score (nSPS) is 16.2. The summed E-state index contributed by atoms with van der Waals surface area (Å²) in [6, 6.07) is 11.5. The summed E-state index contributed by atoms with van der Waals surface area (Å²) in [7, 11) is 0. The van der Waals surface area contributed by atoms with E-state index in [1.165, 1.54) is 36.7 Å². The van der Waals surface area contributed by atoms with E-state index < -0.39 is 5.82 Å². The molecule has 3 aromatic rings. The van der Waals surface area contributed by atoms with Crippen molar-refractivity contribution in [3.63, 3.8) is 0 Å². The second-order valence-electron chi connectivity index (χ2n) is 7.58. The van der Waals surface area contributed by atoms with Gasteiger partial charge in [0, 0.05) is 31.7 Å². The Kier molecular flexibility index (Phi) is 6.50. The Morgan fingerprint density at radius 1 is 1.09 bits per heavy atom. The van der Waals surface area contributed by atoms with Gasteiger partial charge in [-0.05, 0) is 42.8 Å². The van der Waals surface area contributed by atoms with E-state index in [1.807, 2.05) is 16.7 Å². The van der Waals surface area contributed by atoms with Crippen LogP contribution in [0.5, 0.6) is 11.6 Å². The number of piperazine rings is 1. The van der Waals surface area contributed by atoms with Gasteiger partial charge < -0.3 is 14.5 Å². The van der Waals surface area contributed by atoms with Crippen LogP contribution in [0, 0.1) is 11.6 Å². The second-order valence-corrected chi connectivity index (χ2v) is 7.98. The van der Waals surface area contributed by atoms with Crippen molar-refractivity contribution in [1.82, 2.24) is 14.9 Å². The van der Waals surface area contributed by atoms with E-state index in [9.17, 15) is 13.6 Å². The highest BCUT2D eigenvalue weighted by atomic mass is 35.5. The number of hydrogen-bond donors (Lipinski definition) is 0. The smallest absolute Gasteiger partial charge is 0.227 e. The molecule has 1 unspecified atom stereocenters.